The fourth-order valence-corrected chi connectivity index (χ4v) is 3.27. The second-order valence-electron chi connectivity index (χ2n) is 5.44. The summed E-state index contributed by atoms with van der Waals surface area (Å²) >= 11 is 1.32. The first-order valence-electron chi connectivity index (χ1n) is 7.87. The van der Waals surface area contributed by atoms with E-state index in [1.165, 1.54) is 23.5 Å². The van der Waals surface area contributed by atoms with E-state index in [1.807, 2.05) is 0 Å². The maximum Gasteiger partial charge on any atom is 0.416 e. The van der Waals surface area contributed by atoms with Gasteiger partial charge < -0.3 is 5.32 Å². The number of anilines is 2. The van der Waals surface area contributed by atoms with Crippen LogP contribution in [0, 0.1) is 0 Å². The smallest absolute Gasteiger partial charge is 0.376 e. The normalized spacial score (nSPS) is 11.6. The Morgan fingerprint density at radius 2 is 1.96 bits per heavy atom. The predicted molar refractivity (Wildman–Crippen MR) is 91.8 cm³/mol. The number of nitrogens with one attached hydrogen (secondary N) is 2. The van der Waals surface area contributed by atoms with Gasteiger partial charge in [-0.15, -0.1) is 10.2 Å². The minimum atomic E-state index is -4.42. The highest BCUT2D eigenvalue weighted by atomic mass is 32.1. The Morgan fingerprint density at radius 3 is 2.60 bits per heavy atom. The first-order chi connectivity index (χ1) is 11.8. The molecular weight excluding hydrogens is 353 g/mol. The monoisotopic (exact) mass is 372 g/mol. The van der Waals surface area contributed by atoms with Crippen molar-refractivity contribution in [3.63, 3.8) is 0 Å². The number of rotatable bonds is 7. The van der Waals surface area contributed by atoms with E-state index in [1.54, 1.807) is 0 Å². The van der Waals surface area contributed by atoms with Crippen LogP contribution in [0.5, 0.6) is 0 Å². The molecule has 0 atom stereocenters. The maximum atomic E-state index is 12.7. The third-order valence-electron chi connectivity index (χ3n) is 3.66. The van der Waals surface area contributed by atoms with Gasteiger partial charge in [-0.05, 0) is 31.0 Å². The molecule has 1 aromatic carbocycles. The average Bonchev–Trinajstić information content (AvgIpc) is 3.02. The number of alkyl halides is 3. The summed E-state index contributed by atoms with van der Waals surface area (Å²) in [5, 5.41) is 14.5. The molecule has 0 aliphatic rings. The van der Waals surface area contributed by atoms with Gasteiger partial charge in [0, 0.05) is 11.6 Å². The number of halogens is 3. The Balaban J connectivity index is 1.91. The van der Waals surface area contributed by atoms with Crippen molar-refractivity contribution in [2.24, 2.45) is 0 Å². The minimum absolute atomic E-state index is 0.165. The lowest BCUT2D eigenvalue weighted by atomic mass is 10.1. The zero-order valence-electron chi connectivity index (χ0n) is 13.9. The number of hydrogen-bond acceptors (Lipinski definition) is 5. The van der Waals surface area contributed by atoms with Crippen molar-refractivity contribution in [1.82, 2.24) is 10.2 Å². The number of hydrogen-bond donors (Lipinski definition) is 2. The molecule has 2 N–H and O–H groups in total. The summed E-state index contributed by atoms with van der Waals surface area (Å²) < 4.78 is 38.0. The Hall–Kier alpha value is -2.16. The van der Waals surface area contributed by atoms with Crippen LogP contribution in [0.25, 0.3) is 0 Å². The molecule has 0 saturated carbocycles. The molecule has 1 aromatic heterocycles. The number of nitrogens with zero attached hydrogens (tertiary/aromatic N) is 2. The van der Waals surface area contributed by atoms with Crippen LogP contribution in [0.4, 0.5) is 24.0 Å². The van der Waals surface area contributed by atoms with Crippen molar-refractivity contribution in [3.05, 3.63) is 34.8 Å². The second-order valence-corrected chi connectivity index (χ2v) is 6.45. The van der Waals surface area contributed by atoms with Gasteiger partial charge in [-0.2, -0.15) is 13.2 Å². The van der Waals surface area contributed by atoms with Crippen LogP contribution in [0.2, 0.25) is 0 Å². The minimum Gasteiger partial charge on any atom is -0.376 e. The van der Waals surface area contributed by atoms with E-state index >= 15 is 0 Å². The molecule has 136 valence electrons. The van der Waals surface area contributed by atoms with Crippen LogP contribution in [0.15, 0.2) is 24.3 Å². The molecule has 1 heterocycles. The summed E-state index contributed by atoms with van der Waals surface area (Å²) in [5.41, 5.74) is -0.545. The molecule has 0 unspecified atom stereocenters. The Morgan fingerprint density at radius 1 is 1.24 bits per heavy atom. The molecule has 2 aromatic rings. The van der Waals surface area contributed by atoms with Gasteiger partial charge in [0.05, 0.1) is 12.1 Å². The summed E-state index contributed by atoms with van der Waals surface area (Å²) in [4.78, 5) is 11.9. The number of amides is 1. The molecular formula is C16H19F3N4OS. The van der Waals surface area contributed by atoms with Gasteiger partial charge in [-0.1, -0.05) is 31.3 Å². The van der Waals surface area contributed by atoms with Crippen molar-refractivity contribution in [2.45, 2.75) is 38.8 Å². The summed E-state index contributed by atoms with van der Waals surface area (Å²) in [6.07, 6.45) is -2.54. The highest BCUT2D eigenvalue weighted by molar-refractivity contribution is 7.15. The molecule has 0 bridgehead atoms. The average molecular weight is 372 g/mol. The first kappa shape index (κ1) is 19.2. The lowest BCUT2D eigenvalue weighted by molar-refractivity contribution is -0.137. The molecule has 0 spiro atoms. The largest absolute Gasteiger partial charge is 0.416 e. The van der Waals surface area contributed by atoms with E-state index < -0.39 is 17.6 Å². The molecule has 5 nitrogen and oxygen atoms in total. The van der Waals surface area contributed by atoms with E-state index in [0.29, 0.717) is 11.0 Å². The van der Waals surface area contributed by atoms with Crippen LogP contribution in [0.1, 0.15) is 43.2 Å². The number of aromatic nitrogens is 2. The molecule has 0 radical (unpaired) electrons. The fourth-order valence-electron chi connectivity index (χ4n) is 2.24. The molecule has 0 fully saturated rings. The van der Waals surface area contributed by atoms with Crippen molar-refractivity contribution < 1.29 is 18.0 Å². The molecule has 0 aliphatic heterocycles. The number of benzene rings is 1. The highest BCUT2D eigenvalue weighted by Gasteiger charge is 2.30. The predicted octanol–water partition coefficient (Wildman–Crippen LogP) is 4.51. The Kier molecular flexibility index (Phi) is 6.35. The van der Waals surface area contributed by atoms with Crippen molar-refractivity contribution in [3.8, 4) is 0 Å². The van der Waals surface area contributed by atoms with Crippen LogP contribution in [-0.4, -0.2) is 22.6 Å². The summed E-state index contributed by atoms with van der Waals surface area (Å²) in [5.74, 6) is -0.0870. The molecule has 0 saturated heterocycles. The van der Waals surface area contributed by atoms with E-state index in [9.17, 15) is 18.0 Å². The van der Waals surface area contributed by atoms with Gasteiger partial charge in [0.2, 0.25) is 11.0 Å². The van der Waals surface area contributed by atoms with Crippen LogP contribution < -0.4 is 10.6 Å². The molecule has 1 amide bonds. The van der Waals surface area contributed by atoms with Crippen LogP contribution >= 0.6 is 11.3 Å². The molecule has 9 heteroatoms. The Bertz CT molecular complexity index is 713. The summed E-state index contributed by atoms with van der Waals surface area (Å²) in [6, 6.07) is 4.70. The van der Waals surface area contributed by atoms with Gasteiger partial charge >= 0.3 is 6.18 Å². The third-order valence-corrected chi connectivity index (χ3v) is 4.67. The summed E-state index contributed by atoms with van der Waals surface area (Å²) in [6.45, 7) is 3.96. The molecule has 2 rings (SSSR count). The van der Waals surface area contributed by atoms with Crippen molar-refractivity contribution in [2.75, 3.05) is 17.2 Å². The zero-order chi connectivity index (χ0) is 18.4. The third kappa shape index (κ3) is 5.42. The maximum absolute atomic E-state index is 12.7. The lowest BCUT2D eigenvalue weighted by Crippen LogP contribution is -2.21. The van der Waals surface area contributed by atoms with Crippen LogP contribution in [-0.2, 0) is 11.0 Å². The quantitative estimate of drug-likeness (QED) is 0.750. The fraction of sp³-hybridized carbons (Fsp3) is 0.438. The lowest BCUT2D eigenvalue weighted by Gasteiger charge is -2.10. The number of carbonyl (C=O) groups is 1. The van der Waals surface area contributed by atoms with Gasteiger partial charge in [0.25, 0.3) is 0 Å². The number of carbonyl (C=O) groups excluding carboxylic acids is 1. The van der Waals surface area contributed by atoms with Gasteiger partial charge in [0.15, 0.2) is 0 Å². The van der Waals surface area contributed by atoms with Gasteiger partial charge in [0.1, 0.15) is 5.01 Å². The second kappa shape index (κ2) is 8.28. The highest BCUT2D eigenvalue weighted by Crippen LogP contribution is 2.30. The van der Waals surface area contributed by atoms with Crippen LogP contribution in [0.3, 0.4) is 0 Å². The Labute approximate surface area is 147 Å². The van der Waals surface area contributed by atoms with E-state index in [4.69, 9.17) is 0 Å². The topological polar surface area (TPSA) is 66.9 Å². The van der Waals surface area contributed by atoms with Crippen molar-refractivity contribution >= 4 is 28.1 Å². The first-order valence-corrected chi connectivity index (χ1v) is 8.69. The van der Waals surface area contributed by atoms with E-state index in [2.05, 4.69) is 34.7 Å². The van der Waals surface area contributed by atoms with E-state index in [-0.39, 0.29) is 12.2 Å². The van der Waals surface area contributed by atoms with Gasteiger partial charge in [-0.3, -0.25) is 10.1 Å². The standard InChI is InChI=1S/C16H19F3N4OS/c1-3-10(4-2)14-22-23-15(25-14)21-13(24)9-20-12-7-5-6-11(8-12)16(17,18)19/h5-8,10,20H,3-4,9H2,1-2H3,(H,21,23,24). The van der Waals surface area contributed by atoms with Crippen molar-refractivity contribution in [1.29, 1.82) is 0 Å². The molecule has 25 heavy (non-hydrogen) atoms. The van der Waals surface area contributed by atoms with E-state index in [0.717, 1.165) is 30.0 Å². The zero-order valence-corrected chi connectivity index (χ0v) is 14.7. The summed E-state index contributed by atoms with van der Waals surface area (Å²) in [7, 11) is 0. The van der Waals surface area contributed by atoms with Gasteiger partial charge in [-0.25, -0.2) is 0 Å². The molecule has 0 aliphatic carbocycles. The SMILES string of the molecule is CCC(CC)c1nnc(NC(=O)CNc2cccc(C(F)(F)F)c2)s1.